The number of anilines is 1. The number of benzene rings is 1. The summed E-state index contributed by atoms with van der Waals surface area (Å²) in [5, 5.41) is 0. The Morgan fingerprint density at radius 2 is 1.72 bits per heavy atom. The molecule has 0 radical (unpaired) electrons. The first-order valence-electron chi connectivity index (χ1n) is 6.90. The number of hydrogen-bond acceptors (Lipinski definition) is 2. The molecular formula is C16H28N2. The Kier molecular flexibility index (Phi) is 5.21. The minimum absolute atomic E-state index is 0.223. The molecule has 0 aliphatic rings. The highest BCUT2D eigenvalue weighted by Crippen LogP contribution is 2.24. The molecule has 0 aliphatic heterocycles. The van der Waals surface area contributed by atoms with Gasteiger partial charge in [-0.15, -0.1) is 0 Å². The molecule has 0 amide bonds. The molecule has 2 heteroatoms. The molecule has 102 valence electrons. The van der Waals surface area contributed by atoms with Crippen molar-refractivity contribution in [1.82, 2.24) is 0 Å². The summed E-state index contributed by atoms with van der Waals surface area (Å²) in [4.78, 5) is 2.30. The van der Waals surface area contributed by atoms with Crippen LogP contribution in [0.25, 0.3) is 0 Å². The lowest BCUT2D eigenvalue weighted by Crippen LogP contribution is -2.29. The molecular weight excluding hydrogens is 220 g/mol. The zero-order chi connectivity index (χ0) is 13.8. The lowest BCUT2D eigenvalue weighted by Gasteiger charge is -2.25. The van der Waals surface area contributed by atoms with Gasteiger partial charge in [0.15, 0.2) is 0 Å². The zero-order valence-corrected chi connectivity index (χ0v) is 12.5. The van der Waals surface area contributed by atoms with Crippen LogP contribution in [0, 0.1) is 5.92 Å². The molecule has 18 heavy (non-hydrogen) atoms. The van der Waals surface area contributed by atoms with Crippen LogP contribution in [0.3, 0.4) is 0 Å². The average Bonchev–Trinajstić information content (AvgIpc) is 2.34. The monoisotopic (exact) mass is 248 g/mol. The van der Waals surface area contributed by atoms with Crippen molar-refractivity contribution in [2.24, 2.45) is 11.7 Å². The van der Waals surface area contributed by atoms with Crippen LogP contribution in [0.4, 0.5) is 5.69 Å². The van der Waals surface area contributed by atoms with E-state index in [1.165, 1.54) is 11.3 Å². The predicted octanol–water partition coefficient (Wildman–Crippen LogP) is 3.41. The van der Waals surface area contributed by atoms with E-state index in [1.54, 1.807) is 0 Å². The van der Waals surface area contributed by atoms with Crippen molar-refractivity contribution >= 4 is 5.69 Å². The summed E-state index contributed by atoms with van der Waals surface area (Å²) in [7, 11) is 2.14. The summed E-state index contributed by atoms with van der Waals surface area (Å²) in [5.41, 5.74) is 8.64. The minimum atomic E-state index is 0.223. The van der Waals surface area contributed by atoms with Gasteiger partial charge in [0.2, 0.25) is 0 Å². The molecule has 2 N–H and O–H groups in total. The molecule has 0 saturated carbocycles. The zero-order valence-electron chi connectivity index (χ0n) is 12.5. The van der Waals surface area contributed by atoms with Crippen LogP contribution in [0.2, 0.25) is 0 Å². The molecule has 1 rings (SSSR count). The summed E-state index contributed by atoms with van der Waals surface area (Å²) in [5.74, 6) is 0.581. The van der Waals surface area contributed by atoms with Crippen LogP contribution in [-0.2, 0) is 5.41 Å². The first kappa shape index (κ1) is 15.0. The van der Waals surface area contributed by atoms with E-state index in [0.717, 1.165) is 19.5 Å². The highest BCUT2D eigenvalue weighted by molar-refractivity contribution is 5.47. The molecule has 2 nitrogen and oxygen atoms in total. The first-order chi connectivity index (χ1) is 8.38. The van der Waals surface area contributed by atoms with Crippen LogP contribution in [0.5, 0.6) is 0 Å². The lowest BCUT2D eigenvalue weighted by atomic mass is 9.87. The first-order valence-corrected chi connectivity index (χ1v) is 6.90. The Labute approximate surface area is 112 Å². The van der Waals surface area contributed by atoms with Gasteiger partial charge in [-0.25, -0.2) is 0 Å². The molecule has 0 saturated heterocycles. The molecule has 1 aromatic carbocycles. The van der Waals surface area contributed by atoms with E-state index in [-0.39, 0.29) is 5.41 Å². The second kappa shape index (κ2) is 6.24. The Morgan fingerprint density at radius 3 is 2.11 bits per heavy atom. The maximum atomic E-state index is 5.76. The highest BCUT2D eigenvalue weighted by Gasteiger charge is 2.14. The van der Waals surface area contributed by atoms with Gasteiger partial charge < -0.3 is 10.6 Å². The van der Waals surface area contributed by atoms with Gasteiger partial charge in [-0.1, -0.05) is 46.2 Å². The van der Waals surface area contributed by atoms with Crippen LogP contribution >= 0.6 is 0 Å². The number of hydrogen-bond donors (Lipinski definition) is 1. The maximum absolute atomic E-state index is 5.76. The number of rotatable bonds is 5. The fourth-order valence-electron chi connectivity index (χ4n) is 2.08. The van der Waals surface area contributed by atoms with Crippen molar-refractivity contribution in [2.45, 2.75) is 39.5 Å². The third kappa shape index (κ3) is 4.02. The summed E-state index contributed by atoms with van der Waals surface area (Å²) >= 11 is 0. The largest absolute Gasteiger partial charge is 0.374 e. The van der Waals surface area contributed by atoms with Gasteiger partial charge >= 0.3 is 0 Å². The molecule has 0 aliphatic carbocycles. The van der Waals surface area contributed by atoms with E-state index in [4.69, 9.17) is 5.73 Å². The quantitative estimate of drug-likeness (QED) is 0.865. The van der Waals surface area contributed by atoms with Crippen molar-refractivity contribution < 1.29 is 0 Å². The van der Waals surface area contributed by atoms with E-state index < -0.39 is 0 Å². The summed E-state index contributed by atoms with van der Waals surface area (Å²) in [6.07, 6.45) is 1.14. The SMILES string of the molecule is CCC(CN)CN(C)c1ccc(C(C)(C)C)cc1. The number of nitrogens with two attached hydrogens (primary N) is 1. The Morgan fingerprint density at radius 1 is 1.17 bits per heavy atom. The summed E-state index contributed by atoms with van der Waals surface area (Å²) in [6, 6.07) is 8.89. The van der Waals surface area contributed by atoms with Gasteiger partial charge in [0.05, 0.1) is 0 Å². The van der Waals surface area contributed by atoms with Gasteiger partial charge in [0.1, 0.15) is 0 Å². The minimum Gasteiger partial charge on any atom is -0.374 e. The Hall–Kier alpha value is -1.02. The van der Waals surface area contributed by atoms with E-state index in [0.29, 0.717) is 5.92 Å². The fraction of sp³-hybridized carbons (Fsp3) is 0.625. The van der Waals surface area contributed by atoms with Gasteiger partial charge in [-0.2, -0.15) is 0 Å². The van der Waals surface area contributed by atoms with Gasteiger partial charge in [-0.05, 0) is 35.6 Å². The number of nitrogens with zero attached hydrogens (tertiary/aromatic N) is 1. The Bertz CT molecular complexity index is 344. The standard InChI is InChI=1S/C16H28N2/c1-6-13(11-17)12-18(5)15-9-7-14(8-10-15)16(2,3)4/h7-10,13H,6,11-12,17H2,1-5H3. The third-order valence-electron chi connectivity index (χ3n) is 3.62. The molecule has 0 heterocycles. The molecule has 0 aromatic heterocycles. The summed E-state index contributed by atoms with van der Waals surface area (Å²) in [6.45, 7) is 10.7. The fourth-order valence-corrected chi connectivity index (χ4v) is 2.08. The van der Waals surface area contributed by atoms with Gasteiger partial charge in [0, 0.05) is 19.3 Å². The molecule has 0 spiro atoms. The van der Waals surface area contributed by atoms with Crippen LogP contribution in [0.1, 0.15) is 39.7 Å². The molecule has 0 bridgehead atoms. The second-order valence-corrected chi connectivity index (χ2v) is 6.19. The van der Waals surface area contributed by atoms with Crippen LogP contribution in [-0.4, -0.2) is 20.1 Å². The third-order valence-corrected chi connectivity index (χ3v) is 3.62. The van der Waals surface area contributed by atoms with Crippen LogP contribution in [0.15, 0.2) is 24.3 Å². The highest BCUT2D eigenvalue weighted by atomic mass is 15.1. The predicted molar refractivity (Wildman–Crippen MR) is 81.2 cm³/mol. The maximum Gasteiger partial charge on any atom is 0.0363 e. The second-order valence-electron chi connectivity index (χ2n) is 6.19. The normalized spacial score (nSPS) is 13.4. The molecule has 0 fully saturated rings. The van der Waals surface area contributed by atoms with Crippen molar-refractivity contribution in [1.29, 1.82) is 0 Å². The van der Waals surface area contributed by atoms with Crippen molar-refractivity contribution in [2.75, 3.05) is 25.0 Å². The lowest BCUT2D eigenvalue weighted by molar-refractivity contribution is 0.521. The van der Waals surface area contributed by atoms with Crippen molar-refractivity contribution in [3.8, 4) is 0 Å². The Balaban J connectivity index is 2.73. The topological polar surface area (TPSA) is 29.3 Å². The van der Waals surface area contributed by atoms with E-state index in [1.807, 2.05) is 0 Å². The van der Waals surface area contributed by atoms with E-state index in [2.05, 4.69) is 63.9 Å². The molecule has 1 unspecified atom stereocenters. The molecule has 1 atom stereocenters. The van der Waals surface area contributed by atoms with Gasteiger partial charge in [0.25, 0.3) is 0 Å². The van der Waals surface area contributed by atoms with E-state index >= 15 is 0 Å². The van der Waals surface area contributed by atoms with Crippen molar-refractivity contribution in [3.05, 3.63) is 29.8 Å². The van der Waals surface area contributed by atoms with Crippen LogP contribution < -0.4 is 10.6 Å². The van der Waals surface area contributed by atoms with Gasteiger partial charge in [-0.3, -0.25) is 0 Å². The molecule has 1 aromatic rings. The average molecular weight is 248 g/mol. The summed E-state index contributed by atoms with van der Waals surface area (Å²) < 4.78 is 0. The van der Waals surface area contributed by atoms with E-state index in [9.17, 15) is 0 Å². The smallest absolute Gasteiger partial charge is 0.0363 e. The van der Waals surface area contributed by atoms with Crippen molar-refractivity contribution in [3.63, 3.8) is 0 Å².